The number of hydrogen-bond acceptors (Lipinski definition) is 4. The molecule has 2 fully saturated rings. The molecule has 4 rings (SSSR count). The molecule has 1 saturated carbocycles. The molecule has 1 aromatic heterocycles. The zero-order valence-corrected chi connectivity index (χ0v) is 17.0. The van der Waals surface area contributed by atoms with Crippen LogP contribution in [0.15, 0.2) is 45.7 Å². The number of hydrogen-bond donors (Lipinski definition) is 0. The van der Waals surface area contributed by atoms with Gasteiger partial charge in [-0.3, -0.25) is 9.69 Å². The first-order valence-corrected chi connectivity index (χ1v) is 10.6. The standard InChI is InChI=1S/C21H18F3NO2S2/c22-21(23,24)14-6-4-5-13(11-14)17-10-9-16(27-17)12-18-19(26)25(20(28)29-18)15-7-2-1-3-8-15/h4-6,9-12,15H,1-3,7-8H2/b18-12+. The van der Waals surface area contributed by atoms with Crippen LogP contribution in [-0.4, -0.2) is 21.2 Å². The molecule has 1 aromatic carbocycles. The van der Waals surface area contributed by atoms with Crippen LogP contribution in [0.5, 0.6) is 0 Å². The molecule has 152 valence electrons. The van der Waals surface area contributed by atoms with Crippen molar-refractivity contribution >= 4 is 40.3 Å². The fourth-order valence-electron chi connectivity index (χ4n) is 3.70. The lowest BCUT2D eigenvalue weighted by Gasteiger charge is -2.29. The molecule has 1 aliphatic heterocycles. The second-order valence-electron chi connectivity index (χ2n) is 7.12. The number of carbonyl (C=O) groups excluding carboxylic acids is 1. The van der Waals surface area contributed by atoms with Crippen molar-refractivity contribution in [3.63, 3.8) is 0 Å². The van der Waals surface area contributed by atoms with Gasteiger partial charge < -0.3 is 4.42 Å². The Morgan fingerprint density at radius 1 is 1.14 bits per heavy atom. The fourth-order valence-corrected chi connectivity index (χ4v) is 5.08. The molecule has 1 aliphatic carbocycles. The van der Waals surface area contributed by atoms with Gasteiger partial charge in [-0.2, -0.15) is 13.2 Å². The largest absolute Gasteiger partial charge is 0.457 e. The summed E-state index contributed by atoms with van der Waals surface area (Å²) in [6.45, 7) is 0. The first-order valence-electron chi connectivity index (χ1n) is 9.37. The smallest absolute Gasteiger partial charge is 0.416 e. The minimum Gasteiger partial charge on any atom is -0.457 e. The van der Waals surface area contributed by atoms with E-state index >= 15 is 0 Å². The Kier molecular flexibility index (Phi) is 5.57. The number of alkyl halides is 3. The second-order valence-corrected chi connectivity index (χ2v) is 8.80. The molecule has 0 atom stereocenters. The quantitative estimate of drug-likeness (QED) is 0.405. The number of furan rings is 1. The molecule has 0 radical (unpaired) electrons. The predicted molar refractivity (Wildman–Crippen MR) is 111 cm³/mol. The van der Waals surface area contributed by atoms with E-state index in [1.807, 2.05) is 0 Å². The SMILES string of the molecule is O=C1/C(=C\c2ccc(-c3cccc(C(F)(F)F)c3)o2)SC(=S)N1C1CCCCC1. The van der Waals surface area contributed by atoms with Gasteiger partial charge in [0.1, 0.15) is 15.8 Å². The number of halogens is 3. The number of amides is 1. The topological polar surface area (TPSA) is 33.5 Å². The maximum atomic E-state index is 12.9. The van der Waals surface area contributed by atoms with E-state index < -0.39 is 11.7 Å². The zero-order valence-electron chi connectivity index (χ0n) is 15.4. The highest BCUT2D eigenvalue weighted by atomic mass is 32.2. The Morgan fingerprint density at radius 3 is 2.62 bits per heavy atom. The molecule has 2 aliphatic rings. The maximum Gasteiger partial charge on any atom is 0.416 e. The first kappa shape index (κ1) is 20.2. The first-order chi connectivity index (χ1) is 13.8. The van der Waals surface area contributed by atoms with Gasteiger partial charge in [0.15, 0.2) is 0 Å². The van der Waals surface area contributed by atoms with Crippen molar-refractivity contribution < 1.29 is 22.4 Å². The lowest BCUT2D eigenvalue weighted by atomic mass is 9.94. The summed E-state index contributed by atoms with van der Waals surface area (Å²) in [5.41, 5.74) is -0.407. The number of thiocarbonyl (C=S) groups is 1. The van der Waals surface area contributed by atoms with Crippen molar-refractivity contribution in [2.45, 2.75) is 44.3 Å². The van der Waals surface area contributed by atoms with Crippen molar-refractivity contribution in [1.29, 1.82) is 0 Å². The minimum absolute atomic E-state index is 0.121. The molecule has 29 heavy (non-hydrogen) atoms. The van der Waals surface area contributed by atoms with E-state index in [2.05, 4.69) is 0 Å². The molecule has 3 nitrogen and oxygen atoms in total. The number of benzene rings is 1. The monoisotopic (exact) mass is 437 g/mol. The van der Waals surface area contributed by atoms with E-state index in [9.17, 15) is 18.0 Å². The Morgan fingerprint density at radius 2 is 1.90 bits per heavy atom. The Balaban J connectivity index is 1.55. The number of thioether (sulfide) groups is 1. The highest BCUT2D eigenvalue weighted by Crippen LogP contribution is 2.38. The van der Waals surface area contributed by atoms with Gasteiger partial charge in [-0.1, -0.05) is 55.4 Å². The molecular weight excluding hydrogens is 419 g/mol. The Hall–Kier alpha value is -2.06. The molecule has 2 heterocycles. The van der Waals surface area contributed by atoms with Gasteiger partial charge in [0.05, 0.1) is 10.5 Å². The summed E-state index contributed by atoms with van der Waals surface area (Å²) in [5.74, 6) is 0.593. The average molecular weight is 438 g/mol. The summed E-state index contributed by atoms with van der Waals surface area (Å²) in [5, 5.41) is 0. The average Bonchev–Trinajstić information content (AvgIpc) is 3.27. The van der Waals surface area contributed by atoms with Crippen molar-refractivity contribution in [1.82, 2.24) is 4.90 Å². The fraction of sp³-hybridized carbons (Fsp3) is 0.333. The van der Waals surface area contributed by atoms with Crippen molar-refractivity contribution in [3.05, 3.63) is 52.6 Å². The van der Waals surface area contributed by atoms with E-state index in [4.69, 9.17) is 16.6 Å². The van der Waals surface area contributed by atoms with Gasteiger partial charge in [-0.05, 0) is 37.1 Å². The van der Waals surface area contributed by atoms with Crippen LogP contribution in [0.1, 0.15) is 43.4 Å². The van der Waals surface area contributed by atoms with Crippen molar-refractivity contribution in [3.8, 4) is 11.3 Å². The van der Waals surface area contributed by atoms with Gasteiger partial charge in [0.2, 0.25) is 0 Å². The highest BCUT2D eigenvalue weighted by molar-refractivity contribution is 8.26. The van der Waals surface area contributed by atoms with E-state index in [1.54, 1.807) is 29.2 Å². The molecule has 1 saturated heterocycles. The normalized spacial score (nSPS) is 20.1. The van der Waals surface area contributed by atoms with Crippen molar-refractivity contribution in [2.75, 3.05) is 0 Å². The molecule has 0 spiro atoms. The van der Waals surface area contributed by atoms with E-state index in [0.717, 1.165) is 37.8 Å². The number of rotatable bonds is 3. The van der Waals surface area contributed by atoms with Crippen LogP contribution in [0, 0.1) is 0 Å². The molecular formula is C21H18F3NO2S2. The lowest BCUT2D eigenvalue weighted by Crippen LogP contribution is -2.39. The van der Waals surface area contributed by atoms with Crippen LogP contribution >= 0.6 is 24.0 Å². The van der Waals surface area contributed by atoms with Crippen LogP contribution in [0.25, 0.3) is 17.4 Å². The third kappa shape index (κ3) is 4.28. The third-order valence-corrected chi connectivity index (χ3v) is 6.47. The van der Waals surface area contributed by atoms with Crippen LogP contribution in [0.4, 0.5) is 13.2 Å². The van der Waals surface area contributed by atoms with E-state index in [0.29, 0.717) is 26.3 Å². The van der Waals surface area contributed by atoms with Crippen LogP contribution in [-0.2, 0) is 11.0 Å². The lowest BCUT2D eigenvalue weighted by molar-refractivity contribution is -0.137. The maximum absolute atomic E-state index is 12.9. The molecule has 1 amide bonds. The van der Waals surface area contributed by atoms with Crippen LogP contribution < -0.4 is 0 Å². The van der Waals surface area contributed by atoms with Gasteiger partial charge >= 0.3 is 6.18 Å². The number of carbonyl (C=O) groups is 1. The molecule has 2 aromatic rings. The summed E-state index contributed by atoms with van der Waals surface area (Å²) >= 11 is 6.65. The third-order valence-electron chi connectivity index (χ3n) is 5.14. The van der Waals surface area contributed by atoms with E-state index in [-0.39, 0.29) is 11.9 Å². The predicted octanol–water partition coefficient (Wildman–Crippen LogP) is 6.50. The summed E-state index contributed by atoms with van der Waals surface area (Å²) < 4.78 is 45.0. The zero-order chi connectivity index (χ0) is 20.6. The Labute approximate surface area is 175 Å². The van der Waals surface area contributed by atoms with Gasteiger partial charge in [-0.25, -0.2) is 0 Å². The van der Waals surface area contributed by atoms with Gasteiger partial charge in [0.25, 0.3) is 5.91 Å². The van der Waals surface area contributed by atoms with E-state index in [1.165, 1.54) is 24.2 Å². The van der Waals surface area contributed by atoms with Crippen LogP contribution in [0.3, 0.4) is 0 Å². The molecule has 8 heteroatoms. The van der Waals surface area contributed by atoms with Crippen molar-refractivity contribution in [2.24, 2.45) is 0 Å². The summed E-state index contributed by atoms with van der Waals surface area (Å²) in [6.07, 6.45) is 2.49. The van der Waals surface area contributed by atoms with Gasteiger partial charge in [0, 0.05) is 17.7 Å². The molecule has 0 unspecified atom stereocenters. The van der Waals surface area contributed by atoms with Crippen LogP contribution in [0.2, 0.25) is 0 Å². The molecule has 0 N–H and O–H groups in total. The van der Waals surface area contributed by atoms with Gasteiger partial charge in [-0.15, -0.1) is 0 Å². The summed E-state index contributed by atoms with van der Waals surface area (Å²) in [7, 11) is 0. The molecule has 0 bridgehead atoms. The highest BCUT2D eigenvalue weighted by Gasteiger charge is 2.37. The summed E-state index contributed by atoms with van der Waals surface area (Å²) in [6, 6.07) is 8.36. The minimum atomic E-state index is -4.42. The Bertz CT molecular complexity index is 974. The summed E-state index contributed by atoms with van der Waals surface area (Å²) in [4.78, 5) is 15.0. The number of nitrogens with zero attached hydrogens (tertiary/aromatic N) is 1. The second kappa shape index (κ2) is 7.99.